The molecule has 3 nitrogen and oxygen atoms in total. The molecule has 100 valence electrons. The van der Waals surface area contributed by atoms with Gasteiger partial charge < -0.3 is 5.73 Å². The number of hydrogen-bond donors (Lipinski definition) is 1. The van der Waals surface area contributed by atoms with Crippen LogP contribution in [0.5, 0.6) is 0 Å². The molecule has 2 aliphatic rings. The molecule has 0 aromatic heterocycles. The number of nitrogens with two attached hydrogens (primary N) is 1. The average molecular weight is 239 g/mol. The summed E-state index contributed by atoms with van der Waals surface area (Å²) >= 11 is 0. The zero-order valence-corrected chi connectivity index (χ0v) is 11.9. The van der Waals surface area contributed by atoms with E-state index < -0.39 is 0 Å². The first-order valence-corrected chi connectivity index (χ1v) is 7.15. The predicted octanol–water partition coefficient (Wildman–Crippen LogP) is 1.53. The quantitative estimate of drug-likeness (QED) is 0.793. The molecule has 1 aliphatic heterocycles. The van der Waals surface area contributed by atoms with Crippen LogP contribution >= 0.6 is 0 Å². The number of nitrogens with zero attached hydrogens (tertiary/aromatic N) is 2. The second kappa shape index (κ2) is 4.87. The Balaban J connectivity index is 2.11. The lowest BCUT2D eigenvalue weighted by Crippen LogP contribution is -2.63. The third-order valence-corrected chi connectivity index (χ3v) is 5.24. The molecule has 4 unspecified atom stereocenters. The Kier molecular flexibility index (Phi) is 3.81. The van der Waals surface area contributed by atoms with E-state index >= 15 is 0 Å². The van der Waals surface area contributed by atoms with Crippen LogP contribution in [0.15, 0.2) is 0 Å². The van der Waals surface area contributed by atoms with E-state index in [1.165, 1.54) is 32.4 Å². The lowest BCUT2D eigenvalue weighted by molar-refractivity contribution is -0.00857. The van der Waals surface area contributed by atoms with Crippen LogP contribution in [-0.2, 0) is 0 Å². The standard InChI is InChI=1S/C14H29N3/c1-11-5-6-14(7-11,10-15)17-8-12(2)16(4)13(3)9-17/h11-13H,5-10,15H2,1-4H3. The minimum atomic E-state index is 0.309. The molecule has 1 saturated carbocycles. The number of likely N-dealkylation sites (N-methyl/N-ethyl adjacent to an activating group) is 1. The predicted molar refractivity (Wildman–Crippen MR) is 73.1 cm³/mol. The minimum Gasteiger partial charge on any atom is -0.329 e. The second-order valence-electron chi connectivity index (χ2n) is 6.54. The molecule has 0 radical (unpaired) electrons. The van der Waals surface area contributed by atoms with Gasteiger partial charge in [0.05, 0.1) is 0 Å². The van der Waals surface area contributed by atoms with Gasteiger partial charge in [-0.15, -0.1) is 0 Å². The molecule has 3 heteroatoms. The molecule has 17 heavy (non-hydrogen) atoms. The van der Waals surface area contributed by atoms with E-state index in [9.17, 15) is 0 Å². The smallest absolute Gasteiger partial charge is 0.0335 e. The van der Waals surface area contributed by atoms with Gasteiger partial charge in [-0.3, -0.25) is 9.80 Å². The lowest BCUT2D eigenvalue weighted by Gasteiger charge is -2.50. The van der Waals surface area contributed by atoms with Crippen molar-refractivity contribution in [3.8, 4) is 0 Å². The van der Waals surface area contributed by atoms with Gasteiger partial charge in [0.2, 0.25) is 0 Å². The largest absolute Gasteiger partial charge is 0.329 e. The van der Waals surface area contributed by atoms with Crippen molar-refractivity contribution in [2.45, 2.75) is 57.7 Å². The fraction of sp³-hybridized carbons (Fsp3) is 1.00. The molecular formula is C14H29N3. The maximum atomic E-state index is 6.13. The summed E-state index contributed by atoms with van der Waals surface area (Å²) in [5.74, 6) is 0.851. The summed E-state index contributed by atoms with van der Waals surface area (Å²) in [6, 6.07) is 1.30. The number of rotatable bonds is 2. The Morgan fingerprint density at radius 1 is 1.18 bits per heavy atom. The maximum Gasteiger partial charge on any atom is 0.0335 e. The summed E-state index contributed by atoms with van der Waals surface area (Å²) < 4.78 is 0. The molecular weight excluding hydrogens is 210 g/mol. The van der Waals surface area contributed by atoms with Gasteiger partial charge in [-0.2, -0.15) is 0 Å². The molecule has 0 spiro atoms. The van der Waals surface area contributed by atoms with Crippen molar-refractivity contribution in [1.29, 1.82) is 0 Å². The van der Waals surface area contributed by atoms with Crippen molar-refractivity contribution in [2.24, 2.45) is 11.7 Å². The van der Waals surface area contributed by atoms with E-state index in [1.54, 1.807) is 0 Å². The summed E-state index contributed by atoms with van der Waals surface area (Å²) in [6.45, 7) is 10.3. The van der Waals surface area contributed by atoms with Gasteiger partial charge in [-0.1, -0.05) is 6.92 Å². The van der Waals surface area contributed by atoms with Crippen LogP contribution in [-0.4, -0.2) is 54.1 Å². The van der Waals surface area contributed by atoms with Gasteiger partial charge in [0.1, 0.15) is 0 Å². The summed E-state index contributed by atoms with van der Waals surface area (Å²) in [6.07, 6.45) is 3.95. The zero-order chi connectivity index (χ0) is 12.6. The van der Waals surface area contributed by atoms with Gasteiger partial charge in [0, 0.05) is 37.3 Å². The zero-order valence-electron chi connectivity index (χ0n) is 11.9. The first-order chi connectivity index (χ1) is 7.98. The summed E-state index contributed by atoms with van der Waals surface area (Å²) in [4.78, 5) is 5.20. The van der Waals surface area contributed by atoms with Crippen LogP contribution in [0.3, 0.4) is 0 Å². The van der Waals surface area contributed by atoms with E-state index in [2.05, 4.69) is 37.6 Å². The Hall–Kier alpha value is -0.120. The van der Waals surface area contributed by atoms with Crippen LogP contribution in [0, 0.1) is 5.92 Å². The fourth-order valence-electron chi connectivity index (χ4n) is 3.76. The second-order valence-corrected chi connectivity index (χ2v) is 6.54. The van der Waals surface area contributed by atoms with Crippen molar-refractivity contribution in [3.63, 3.8) is 0 Å². The summed E-state index contributed by atoms with van der Waals surface area (Å²) in [5, 5.41) is 0. The molecule has 0 bridgehead atoms. The van der Waals surface area contributed by atoms with Crippen molar-refractivity contribution < 1.29 is 0 Å². The lowest BCUT2D eigenvalue weighted by atomic mass is 9.91. The molecule has 0 aromatic carbocycles. The van der Waals surface area contributed by atoms with Gasteiger partial charge >= 0.3 is 0 Å². The Morgan fingerprint density at radius 2 is 1.76 bits per heavy atom. The van der Waals surface area contributed by atoms with Gasteiger partial charge in [-0.05, 0) is 46.1 Å². The highest BCUT2D eigenvalue weighted by Crippen LogP contribution is 2.39. The van der Waals surface area contributed by atoms with Gasteiger partial charge in [0.25, 0.3) is 0 Å². The molecule has 0 aromatic rings. The maximum absolute atomic E-state index is 6.13. The number of piperazine rings is 1. The van der Waals surface area contributed by atoms with Crippen LogP contribution in [0.25, 0.3) is 0 Å². The van der Waals surface area contributed by atoms with E-state index in [1.807, 2.05) is 0 Å². The first kappa shape index (κ1) is 13.3. The van der Waals surface area contributed by atoms with Crippen molar-refractivity contribution in [3.05, 3.63) is 0 Å². The monoisotopic (exact) mass is 239 g/mol. The van der Waals surface area contributed by atoms with Crippen molar-refractivity contribution in [2.75, 3.05) is 26.7 Å². The molecule has 2 rings (SSSR count). The van der Waals surface area contributed by atoms with Gasteiger partial charge in [0.15, 0.2) is 0 Å². The molecule has 2 N–H and O–H groups in total. The highest BCUT2D eigenvalue weighted by molar-refractivity contribution is 5.01. The van der Waals surface area contributed by atoms with E-state index in [4.69, 9.17) is 5.73 Å². The Morgan fingerprint density at radius 3 is 2.18 bits per heavy atom. The van der Waals surface area contributed by atoms with Crippen LogP contribution < -0.4 is 5.73 Å². The SMILES string of the molecule is CC1CCC(CN)(N2CC(C)N(C)C(C)C2)C1. The number of hydrogen-bond acceptors (Lipinski definition) is 3. The van der Waals surface area contributed by atoms with Crippen LogP contribution in [0.2, 0.25) is 0 Å². The third-order valence-electron chi connectivity index (χ3n) is 5.24. The van der Waals surface area contributed by atoms with Gasteiger partial charge in [-0.25, -0.2) is 0 Å². The van der Waals surface area contributed by atoms with E-state index in [-0.39, 0.29) is 0 Å². The summed E-state index contributed by atoms with van der Waals surface area (Å²) in [7, 11) is 2.25. The van der Waals surface area contributed by atoms with E-state index in [0.29, 0.717) is 17.6 Å². The molecule has 0 amide bonds. The minimum absolute atomic E-state index is 0.309. The third kappa shape index (κ3) is 2.38. The highest BCUT2D eigenvalue weighted by atomic mass is 15.3. The topological polar surface area (TPSA) is 32.5 Å². The van der Waals surface area contributed by atoms with Crippen molar-refractivity contribution in [1.82, 2.24) is 9.80 Å². The fourth-order valence-corrected chi connectivity index (χ4v) is 3.76. The molecule has 1 saturated heterocycles. The van der Waals surface area contributed by atoms with Crippen molar-refractivity contribution >= 4 is 0 Å². The Bertz CT molecular complexity index is 256. The van der Waals surface area contributed by atoms with E-state index in [0.717, 1.165) is 12.5 Å². The molecule has 2 fully saturated rings. The van der Waals surface area contributed by atoms with Crippen LogP contribution in [0.1, 0.15) is 40.0 Å². The van der Waals surface area contributed by atoms with Crippen LogP contribution in [0.4, 0.5) is 0 Å². The molecule has 1 heterocycles. The Labute approximate surface area is 106 Å². The average Bonchev–Trinajstić information content (AvgIpc) is 2.68. The first-order valence-electron chi connectivity index (χ1n) is 7.15. The normalized spacial score (nSPS) is 45.4. The molecule has 4 atom stereocenters. The summed E-state index contributed by atoms with van der Waals surface area (Å²) in [5.41, 5.74) is 6.44. The highest BCUT2D eigenvalue weighted by Gasteiger charge is 2.44. The molecule has 1 aliphatic carbocycles.